The van der Waals surface area contributed by atoms with E-state index in [9.17, 15) is 9.59 Å². The third kappa shape index (κ3) is 3.30. The van der Waals surface area contributed by atoms with Gasteiger partial charge in [0.15, 0.2) is 5.13 Å². The number of ketones is 1. The number of thiazole rings is 1. The number of amides is 1. The van der Waals surface area contributed by atoms with Gasteiger partial charge in [-0.1, -0.05) is 29.8 Å². The maximum atomic E-state index is 12.5. The molecule has 0 spiro atoms. The summed E-state index contributed by atoms with van der Waals surface area (Å²) < 4.78 is 1.60. The van der Waals surface area contributed by atoms with Crippen molar-refractivity contribution >= 4 is 28.2 Å². The van der Waals surface area contributed by atoms with Crippen LogP contribution < -0.4 is 5.32 Å². The summed E-state index contributed by atoms with van der Waals surface area (Å²) >= 11 is 1.35. The summed E-state index contributed by atoms with van der Waals surface area (Å²) in [6.07, 6.45) is 0. The van der Waals surface area contributed by atoms with Crippen LogP contribution in [0.5, 0.6) is 0 Å². The molecule has 7 heteroatoms. The molecule has 3 aromatic rings. The Labute approximate surface area is 155 Å². The Balaban J connectivity index is 1.83. The summed E-state index contributed by atoms with van der Waals surface area (Å²) in [7, 11) is 1.75. The van der Waals surface area contributed by atoms with Gasteiger partial charge in [0.2, 0.25) is 0 Å². The van der Waals surface area contributed by atoms with Gasteiger partial charge in [-0.05, 0) is 27.7 Å². The highest BCUT2D eigenvalue weighted by atomic mass is 32.1. The van der Waals surface area contributed by atoms with Crippen molar-refractivity contribution < 1.29 is 9.59 Å². The van der Waals surface area contributed by atoms with E-state index in [1.807, 2.05) is 38.1 Å². The van der Waals surface area contributed by atoms with Crippen LogP contribution in [-0.4, -0.2) is 26.5 Å². The van der Waals surface area contributed by atoms with Gasteiger partial charge in [0.1, 0.15) is 0 Å². The monoisotopic (exact) mass is 368 g/mol. The molecule has 2 aromatic heterocycles. The van der Waals surface area contributed by atoms with Gasteiger partial charge in [-0.15, -0.1) is 11.3 Å². The molecule has 1 N–H and O–H groups in total. The van der Waals surface area contributed by atoms with E-state index in [-0.39, 0.29) is 0 Å². The second kappa shape index (κ2) is 6.84. The highest BCUT2D eigenvalue weighted by Crippen LogP contribution is 2.30. The van der Waals surface area contributed by atoms with Crippen LogP contribution in [-0.2, 0) is 11.8 Å². The molecule has 1 amide bonds. The Morgan fingerprint density at radius 2 is 1.73 bits per heavy atom. The highest BCUT2D eigenvalue weighted by Gasteiger charge is 2.25. The van der Waals surface area contributed by atoms with Gasteiger partial charge in [-0.2, -0.15) is 5.10 Å². The van der Waals surface area contributed by atoms with Crippen LogP contribution in [0.3, 0.4) is 0 Å². The minimum absolute atomic E-state index is 0.344. The number of Topliss-reactive ketones (excluding diaryl/α,β-unsaturated/α-hetero) is 1. The van der Waals surface area contributed by atoms with Gasteiger partial charge in [-0.25, -0.2) is 4.98 Å². The smallest absolute Gasteiger partial charge is 0.295 e. The van der Waals surface area contributed by atoms with Crippen LogP contribution in [0.1, 0.15) is 32.2 Å². The van der Waals surface area contributed by atoms with Crippen LogP contribution in [0.15, 0.2) is 24.3 Å². The molecule has 0 aliphatic heterocycles. The second-order valence-corrected chi connectivity index (χ2v) is 7.45. The van der Waals surface area contributed by atoms with E-state index in [0.29, 0.717) is 22.1 Å². The summed E-state index contributed by atoms with van der Waals surface area (Å²) in [5.74, 6) is -1.30. The summed E-state index contributed by atoms with van der Waals surface area (Å²) in [4.78, 5) is 30.4. The average Bonchev–Trinajstić information content (AvgIpc) is 3.07. The zero-order valence-corrected chi connectivity index (χ0v) is 16.2. The van der Waals surface area contributed by atoms with Crippen LogP contribution in [0.25, 0.3) is 11.3 Å². The molecular weight excluding hydrogens is 348 g/mol. The van der Waals surface area contributed by atoms with Gasteiger partial charge in [0, 0.05) is 23.2 Å². The predicted octanol–water partition coefficient (Wildman–Crippen LogP) is 3.60. The topological polar surface area (TPSA) is 76.9 Å². The number of nitrogens with zero attached hydrogens (tertiary/aromatic N) is 3. The molecule has 6 nitrogen and oxygen atoms in total. The van der Waals surface area contributed by atoms with E-state index in [1.54, 1.807) is 25.6 Å². The number of carbonyl (C=O) groups excluding carboxylic acids is 2. The van der Waals surface area contributed by atoms with Crippen molar-refractivity contribution in [2.45, 2.75) is 27.7 Å². The van der Waals surface area contributed by atoms with E-state index in [1.165, 1.54) is 16.9 Å². The number of aromatic nitrogens is 3. The first-order valence-corrected chi connectivity index (χ1v) is 9.00. The first-order valence-electron chi connectivity index (χ1n) is 8.18. The summed E-state index contributed by atoms with van der Waals surface area (Å²) in [6.45, 7) is 7.46. The van der Waals surface area contributed by atoms with Crippen LogP contribution in [0.2, 0.25) is 0 Å². The largest absolute Gasteiger partial charge is 0.298 e. The molecule has 134 valence electrons. The molecule has 3 rings (SSSR count). The maximum Gasteiger partial charge on any atom is 0.298 e. The molecule has 0 fully saturated rings. The van der Waals surface area contributed by atoms with Crippen molar-refractivity contribution in [1.29, 1.82) is 0 Å². The van der Waals surface area contributed by atoms with Gasteiger partial charge in [0.05, 0.1) is 17.0 Å². The van der Waals surface area contributed by atoms with Gasteiger partial charge < -0.3 is 0 Å². The Morgan fingerprint density at radius 1 is 1.08 bits per heavy atom. The molecular formula is C19H20N4O2S. The number of carbonyl (C=O) groups is 2. The molecule has 0 bridgehead atoms. The zero-order valence-electron chi connectivity index (χ0n) is 15.4. The lowest BCUT2D eigenvalue weighted by atomic mass is 10.1. The van der Waals surface area contributed by atoms with Gasteiger partial charge in [0.25, 0.3) is 11.7 Å². The first kappa shape index (κ1) is 18.0. The fourth-order valence-corrected chi connectivity index (χ4v) is 3.63. The Morgan fingerprint density at radius 3 is 2.31 bits per heavy atom. The zero-order chi connectivity index (χ0) is 19.0. The van der Waals surface area contributed by atoms with Crippen molar-refractivity contribution in [1.82, 2.24) is 14.8 Å². The highest BCUT2D eigenvalue weighted by molar-refractivity contribution is 7.16. The van der Waals surface area contributed by atoms with E-state index in [2.05, 4.69) is 15.4 Å². The molecule has 0 atom stereocenters. The number of anilines is 1. The standard InChI is InChI=1S/C19H20N4O2S/c1-10-6-8-14(9-7-10)16-13(4)26-19(20-16)21-18(25)17(24)15-11(2)22-23(5)12(15)3/h6-9H,1-5H3,(H,20,21,25). The first-order chi connectivity index (χ1) is 12.3. The SMILES string of the molecule is Cc1ccc(-c2nc(NC(=O)C(=O)c3c(C)nn(C)c3C)sc2C)cc1. The number of hydrogen-bond acceptors (Lipinski definition) is 5. The minimum Gasteiger partial charge on any atom is -0.295 e. The number of aryl methyl sites for hydroxylation is 4. The number of nitrogens with one attached hydrogen (secondary N) is 1. The van der Waals surface area contributed by atoms with Crippen LogP contribution in [0, 0.1) is 27.7 Å². The van der Waals surface area contributed by atoms with Crippen molar-refractivity contribution in [3.63, 3.8) is 0 Å². The third-order valence-corrected chi connectivity index (χ3v) is 5.17. The van der Waals surface area contributed by atoms with Gasteiger partial charge in [-0.3, -0.25) is 19.6 Å². The van der Waals surface area contributed by atoms with Crippen molar-refractivity contribution in [2.24, 2.45) is 7.05 Å². The molecule has 26 heavy (non-hydrogen) atoms. The predicted molar refractivity (Wildman–Crippen MR) is 103 cm³/mol. The quantitative estimate of drug-likeness (QED) is 0.564. The lowest BCUT2D eigenvalue weighted by Gasteiger charge is -2.02. The Hall–Kier alpha value is -2.80. The Kier molecular flexibility index (Phi) is 4.73. The average molecular weight is 368 g/mol. The minimum atomic E-state index is -0.701. The Bertz CT molecular complexity index is 999. The third-order valence-electron chi connectivity index (χ3n) is 4.28. The molecule has 0 aliphatic carbocycles. The fourth-order valence-electron chi connectivity index (χ4n) is 2.80. The molecule has 0 unspecified atom stereocenters. The number of hydrogen-bond donors (Lipinski definition) is 1. The van der Waals surface area contributed by atoms with Gasteiger partial charge >= 0.3 is 0 Å². The molecule has 1 aromatic carbocycles. The number of benzene rings is 1. The summed E-state index contributed by atoms with van der Waals surface area (Å²) in [5.41, 5.74) is 4.51. The molecule has 0 saturated heterocycles. The lowest BCUT2D eigenvalue weighted by molar-refractivity contribution is -0.112. The lowest BCUT2D eigenvalue weighted by Crippen LogP contribution is -2.23. The maximum absolute atomic E-state index is 12.5. The van der Waals surface area contributed by atoms with E-state index in [4.69, 9.17) is 0 Å². The van der Waals surface area contributed by atoms with E-state index < -0.39 is 11.7 Å². The molecule has 0 aliphatic rings. The van der Waals surface area contributed by atoms with Crippen molar-refractivity contribution in [2.75, 3.05) is 5.32 Å². The van der Waals surface area contributed by atoms with Crippen LogP contribution in [0.4, 0.5) is 5.13 Å². The van der Waals surface area contributed by atoms with Crippen molar-refractivity contribution in [3.05, 3.63) is 51.7 Å². The molecule has 2 heterocycles. The van der Waals surface area contributed by atoms with E-state index >= 15 is 0 Å². The molecule has 0 radical (unpaired) electrons. The van der Waals surface area contributed by atoms with Crippen molar-refractivity contribution in [3.8, 4) is 11.3 Å². The van der Waals surface area contributed by atoms with E-state index in [0.717, 1.165) is 16.1 Å². The van der Waals surface area contributed by atoms with Crippen LogP contribution >= 0.6 is 11.3 Å². The summed E-state index contributed by atoms with van der Waals surface area (Å²) in [6, 6.07) is 8.03. The molecule has 0 saturated carbocycles. The number of rotatable bonds is 4. The summed E-state index contributed by atoms with van der Waals surface area (Å²) in [5, 5.41) is 7.23. The second-order valence-electron chi connectivity index (χ2n) is 6.24. The normalized spacial score (nSPS) is 10.8. The fraction of sp³-hybridized carbons (Fsp3) is 0.263.